The highest BCUT2D eigenvalue weighted by Gasteiger charge is 1.96. The van der Waals surface area contributed by atoms with Crippen molar-refractivity contribution >= 4 is 15.9 Å². The second-order valence-electron chi connectivity index (χ2n) is 3.22. The number of alkyl halides is 1. The lowest BCUT2D eigenvalue weighted by molar-refractivity contribution is -0.697. The Morgan fingerprint density at radius 2 is 1.54 bits per heavy atom. The van der Waals surface area contributed by atoms with E-state index in [4.69, 9.17) is 0 Å². The fourth-order valence-corrected chi connectivity index (χ4v) is 1.72. The fraction of sp³-hybridized carbons (Fsp3) is 0.545. The van der Waals surface area contributed by atoms with E-state index in [1.54, 1.807) is 0 Å². The average molecular weight is 243 g/mol. The second-order valence-corrected chi connectivity index (χ2v) is 4.01. The summed E-state index contributed by atoms with van der Waals surface area (Å²) in [6.07, 6.45) is 9.54. The molecule has 0 N–H and O–H groups in total. The molecule has 0 aromatic carbocycles. The molecule has 0 saturated carbocycles. The number of rotatable bonds is 6. The molecule has 0 fully saturated rings. The molecule has 0 bridgehead atoms. The van der Waals surface area contributed by atoms with Crippen LogP contribution in [0.5, 0.6) is 0 Å². The van der Waals surface area contributed by atoms with Crippen LogP contribution in [-0.2, 0) is 6.54 Å². The number of hydrogen-bond acceptors (Lipinski definition) is 0. The van der Waals surface area contributed by atoms with E-state index in [9.17, 15) is 0 Å². The summed E-state index contributed by atoms with van der Waals surface area (Å²) >= 11 is 3.44. The minimum absolute atomic E-state index is 1.14. The predicted molar refractivity (Wildman–Crippen MR) is 58.9 cm³/mol. The lowest BCUT2D eigenvalue weighted by Crippen LogP contribution is -2.32. The summed E-state index contributed by atoms with van der Waals surface area (Å²) in [5.74, 6) is 0. The fourth-order valence-electron chi connectivity index (χ4n) is 1.33. The Morgan fingerprint density at radius 1 is 0.846 bits per heavy atom. The topological polar surface area (TPSA) is 3.88 Å². The van der Waals surface area contributed by atoms with Crippen molar-refractivity contribution in [3.05, 3.63) is 30.6 Å². The summed E-state index contributed by atoms with van der Waals surface area (Å²) in [6, 6.07) is 6.22. The lowest BCUT2D eigenvalue weighted by Gasteiger charge is -1.96. The van der Waals surface area contributed by atoms with E-state index in [0.717, 1.165) is 11.9 Å². The van der Waals surface area contributed by atoms with Gasteiger partial charge in [-0.3, -0.25) is 0 Å². The highest BCUT2D eigenvalue weighted by atomic mass is 79.9. The molecule has 0 radical (unpaired) electrons. The number of pyridine rings is 1. The molecule has 1 nitrogen and oxygen atoms in total. The van der Waals surface area contributed by atoms with Crippen LogP contribution in [0.2, 0.25) is 0 Å². The van der Waals surface area contributed by atoms with Gasteiger partial charge >= 0.3 is 0 Å². The minimum atomic E-state index is 1.14. The van der Waals surface area contributed by atoms with E-state index in [1.807, 2.05) is 0 Å². The van der Waals surface area contributed by atoms with E-state index in [-0.39, 0.29) is 0 Å². The lowest BCUT2D eigenvalue weighted by atomic mass is 10.2. The summed E-state index contributed by atoms with van der Waals surface area (Å²) in [4.78, 5) is 0. The Kier molecular flexibility index (Phi) is 5.83. The van der Waals surface area contributed by atoms with Crippen molar-refractivity contribution in [3.63, 3.8) is 0 Å². The standard InChI is InChI=1S/C11H17BrN/c12-8-4-1-2-5-9-13-10-6-3-7-11-13/h3,6-7,10-11H,1-2,4-5,8-9H2/q+1. The maximum atomic E-state index is 3.44. The van der Waals surface area contributed by atoms with Gasteiger partial charge in [-0.2, -0.15) is 0 Å². The molecule has 0 aliphatic carbocycles. The van der Waals surface area contributed by atoms with Crippen LogP contribution in [0.15, 0.2) is 30.6 Å². The van der Waals surface area contributed by atoms with Crippen LogP contribution in [0.1, 0.15) is 25.7 Å². The Bertz CT molecular complexity index is 211. The summed E-state index contributed by atoms with van der Waals surface area (Å²) in [5, 5.41) is 1.14. The van der Waals surface area contributed by atoms with Gasteiger partial charge in [0.15, 0.2) is 12.4 Å². The van der Waals surface area contributed by atoms with Crippen LogP contribution in [0, 0.1) is 0 Å². The van der Waals surface area contributed by atoms with Gasteiger partial charge in [0.25, 0.3) is 0 Å². The molecular weight excluding hydrogens is 226 g/mol. The first-order valence-corrected chi connectivity index (χ1v) is 6.05. The highest BCUT2D eigenvalue weighted by molar-refractivity contribution is 9.09. The van der Waals surface area contributed by atoms with Crippen LogP contribution >= 0.6 is 15.9 Å². The third-order valence-electron chi connectivity index (χ3n) is 2.08. The van der Waals surface area contributed by atoms with Gasteiger partial charge in [0.05, 0.1) is 0 Å². The summed E-state index contributed by atoms with van der Waals surface area (Å²) in [7, 11) is 0. The molecule has 0 aliphatic heterocycles. The Hall–Kier alpha value is -0.370. The molecule has 0 aliphatic rings. The molecule has 0 saturated heterocycles. The number of aromatic nitrogens is 1. The normalized spacial score (nSPS) is 10.2. The Balaban J connectivity index is 2.07. The molecule has 72 valence electrons. The predicted octanol–water partition coefficient (Wildman–Crippen LogP) is 2.93. The molecule has 1 rings (SSSR count). The zero-order valence-corrected chi connectivity index (χ0v) is 9.54. The van der Waals surface area contributed by atoms with E-state index >= 15 is 0 Å². The zero-order valence-electron chi connectivity index (χ0n) is 7.95. The van der Waals surface area contributed by atoms with Crippen molar-refractivity contribution in [1.82, 2.24) is 0 Å². The van der Waals surface area contributed by atoms with Gasteiger partial charge in [0.2, 0.25) is 0 Å². The van der Waals surface area contributed by atoms with Gasteiger partial charge in [-0.05, 0) is 12.8 Å². The molecule has 1 aromatic rings. The first kappa shape index (κ1) is 10.7. The third-order valence-corrected chi connectivity index (χ3v) is 2.64. The van der Waals surface area contributed by atoms with E-state index in [0.29, 0.717) is 0 Å². The maximum absolute atomic E-state index is 3.44. The van der Waals surface area contributed by atoms with Crippen molar-refractivity contribution in [2.45, 2.75) is 32.2 Å². The molecule has 0 amide bonds. The van der Waals surface area contributed by atoms with Gasteiger partial charge in [0, 0.05) is 23.9 Å². The van der Waals surface area contributed by atoms with Crippen molar-refractivity contribution in [2.24, 2.45) is 0 Å². The van der Waals surface area contributed by atoms with Crippen molar-refractivity contribution < 1.29 is 4.57 Å². The van der Waals surface area contributed by atoms with Crippen LogP contribution < -0.4 is 4.57 Å². The van der Waals surface area contributed by atoms with Crippen LogP contribution in [0.3, 0.4) is 0 Å². The van der Waals surface area contributed by atoms with Gasteiger partial charge in [-0.1, -0.05) is 28.4 Å². The summed E-state index contributed by atoms with van der Waals surface area (Å²) in [6.45, 7) is 1.16. The molecule has 0 spiro atoms. The van der Waals surface area contributed by atoms with Gasteiger partial charge < -0.3 is 0 Å². The van der Waals surface area contributed by atoms with Crippen molar-refractivity contribution in [1.29, 1.82) is 0 Å². The largest absolute Gasteiger partial charge is 0.205 e. The highest BCUT2D eigenvalue weighted by Crippen LogP contribution is 2.01. The van der Waals surface area contributed by atoms with Gasteiger partial charge in [-0.15, -0.1) is 0 Å². The number of halogens is 1. The third kappa shape index (κ3) is 5.04. The smallest absolute Gasteiger partial charge is 0.168 e. The molecule has 13 heavy (non-hydrogen) atoms. The number of aryl methyl sites for hydroxylation is 1. The quantitative estimate of drug-likeness (QED) is 0.411. The first-order chi connectivity index (χ1) is 6.43. The summed E-state index contributed by atoms with van der Waals surface area (Å²) < 4.78 is 2.24. The maximum Gasteiger partial charge on any atom is 0.168 e. The average Bonchev–Trinajstić information content (AvgIpc) is 2.19. The number of hydrogen-bond donors (Lipinski definition) is 0. The number of unbranched alkanes of at least 4 members (excludes halogenated alkanes) is 3. The molecule has 0 atom stereocenters. The first-order valence-electron chi connectivity index (χ1n) is 4.93. The monoisotopic (exact) mass is 242 g/mol. The summed E-state index contributed by atoms with van der Waals surface area (Å²) in [5.41, 5.74) is 0. The molecule has 0 unspecified atom stereocenters. The Morgan fingerprint density at radius 3 is 2.23 bits per heavy atom. The van der Waals surface area contributed by atoms with E-state index in [2.05, 4.69) is 51.1 Å². The SMILES string of the molecule is BrCCCCCC[n+]1ccccc1. The Labute approximate surface area is 88.9 Å². The van der Waals surface area contributed by atoms with Crippen molar-refractivity contribution in [2.75, 3.05) is 5.33 Å². The molecule has 1 aromatic heterocycles. The van der Waals surface area contributed by atoms with Crippen LogP contribution in [0.25, 0.3) is 0 Å². The molecule has 1 heterocycles. The minimum Gasteiger partial charge on any atom is -0.205 e. The van der Waals surface area contributed by atoms with Gasteiger partial charge in [-0.25, -0.2) is 4.57 Å². The molecule has 2 heteroatoms. The van der Waals surface area contributed by atoms with Crippen LogP contribution in [-0.4, -0.2) is 5.33 Å². The van der Waals surface area contributed by atoms with Gasteiger partial charge in [0.1, 0.15) is 6.54 Å². The molecular formula is C11H17BrN+. The van der Waals surface area contributed by atoms with E-state index < -0.39 is 0 Å². The van der Waals surface area contributed by atoms with Crippen LogP contribution in [0.4, 0.5) is 0 Å². The van der Waals surface area contributed by atoms with Crippen molar-refractivity contribution in [3.8, 4) is 0 Å². The second kappa shape index (κ2) is 7.07. The van der Waals surface area contributed by atoms with E-state index in [1.165, 1.54) is 25.7 Å². The zero-order chi connectivity index (χ0) is 9.36. The number of nitrogens with zero attached hydrogens (tertiary/aromatic N) is 1.